The minimum Gasteiger partial charge on any atom is -0.450 e. The average molecular weight is 367 g/mol. The number of halogens is 1. The molecule has 1 aliphatic heterocycles. The number of H-pyrrole nitrogens is 1. The monoisotopic (exact) mass is 366 g/mol. The topological polar surface area (TPSA) is 103 Å². The summed E-state index contributed by atoms with van der Waals surface area (Å²) in [6, 6.07) is 7.82. The minimum absolute atomic E-state index is 0.242. The van der Waals surface area contributed by atoms with E-state index in [1.165, 1.54) is 0 Å². The van der Waals surface area contributed by atoms with Crippen molar-refractivity contribution >= 4 is 34.4 Å². The summed E-state index contributed by atoms with van der Waals surface area (Å²) < 4.78 is 6.11. The average Bonchev–Trinajstić information content (AvgIpc) is 3.02. The molecule has 0 fully saturated rings. The largest absolute Gasteiger partial charge is 0.450 e. The summed E-state index contributed by atoms with van der Waals surface area (Å²) in [6.07, 6.45) is 1.80. The first kappa shape index (κ1) is 15.0. The number of nitrogens with two attached hydrogens (primary N) is 1. The van der Waals surface area contributed by atoms with Gasteiger partial charge in [0.15, 0.2) is 4.67 Å². The molecule has 0 radical (unpaired) electrons. The van der Waals surface area contributed by atoms with Gasteiger partial charge in [-0.3, -0.25) is 0 Å². The Labute approximate surface area is 140 Å². The van der Waals surface area contributed by atoms with Gasteiger partial charge in [-0.1, -0.05) is 6.58 Å². The molecule has 1 aliphatic carbocycles. The van der Waals surface area contributed by atoms with Crippen molar-refractivity contribution in [1.82, 2.24) is 4.98 Å². The fourth-order valence-electron chi connectivity index (χ4n) is 2.71. The van der Waals surface area contributed by atoms with E-state index in [0.717, 1.165) is 10.8 Å². The molecule has 0 saturated carbocycles. The van der Waals surface area contributed by atoms with Crippen LogP contribution < -0.4 is 16.2 Å². The number of nitrogen functional groups attached to an aromatic ring is 1. The highest BCUT2D eigenvalue weighted by atomic mass is 79.9. The molecule has 0 saturated heterocycles. The maximum atomic E-state index is 9.45. The van der Waals surface area contributed by atoms with Crippen molar-refractivity contribution in [3.05, 3.63) is 49.7 Å². The first-order valence-electron chi connectivity index (χ1n) is 6.67. The highest BCUT2D eigenvalue weighted by Crippen LogP contribution is 2.28. The third-order valence-corrected chi connectivity index (χ3v) is 4.21. The summed E-state index contributed by atoms with van der Waals surface area (Å²) in [5, 5.41) is 20.1. The van der Waals surface area contributed by atoms with Crippen LogP contribution in [0, 0.1) is 29.6 Å². The van der Waals surface area contributed by atoms with Crippen molar-refractivity contribution in [2.75, 3.05) is 5.73 Å². The van der Waals surface area contributed by atoms with Gasteiger partial charge in [-0.15, -0.1) is 0 Å². The van der Waals surface area contributed by atoms with E-state index in [4.69, 9.17) is 10.2 Å². The number of hydrogen-bond acceptors (Lipinski definition) is 4. The Morgan fingerprint density at radius 2 is 2.00 bits per heavy atom. The Hall–Kier alpha value is -2.96. The first-order chi connectivity index (χ1) is 11.0. The van der Waals surface area contributed by atoms with E-state index in [1.807, 2.05) is 0 Å². The number of rotatable bonds is 1. The van der Waals surface area contributed by atoms with Gasteiger partial charge < -0.3 is 15.1 Å². The van der Waals surface area contributed by atoms with Gasteiger partial charge in [-0.2, -0.15) is 10.5 Å². The molecule has 0 amide bonds. The molecule has 1 aromatic heterocycles. The van der Waals surface area contributed by atoms with Crippen LogP contribution in [0.1, 0.15) is 22.5 Å². The maximum absolute atomic E-state index is 9.45. The summed E-state index contributed by atoms with van der Waals surface area (Å²) >= 11 is 3.26. The highest BCUT2D eigenvalue weighted by Gasteiger charge is 2.21. The lowest BCUT2D eigenvalue weighted by molar-refractivity contribution is 0.531. The second-order valence-corrected chi connectivity index (χ2v) is 5.85. The molecule has 1 aromatic rings. The lowest BCUT2D eigenvalue weighted by atomic mass is 10.0. The van der Waals surface area contributed by atoms with Gasteiger partial charge in [0, 0.05) is 5.56 Å². The number of aromatic nitrogens is 1. The number of aromatic amines is 1. The van der Waals surface area contributed by atoms with E-state index in [9.17, 15) is 10.5 Å². The minimum atomic E-state index is 0.242. The maximum Gasteiger partial charge on any atom is 0.169 e. The van der Waals surface area contributed by atoms with Crippen molar-refractivity contribution < 1.29 is 4.42 Å². The van der Waals surface area contributed by atoms with Crippen molar-refractivity contribution in [3.8, 4) is 23.4 Å². The van der Waals surface area contributed by atoms with E-state index in [-0.39, 0.29) is 5.82 Å². The lowest BCUT2D eigenvalue weighted by Crippen LogP contribution is -2.21. The van der Waals surface area contributed by atoms with Gasteiger partial charge in [0.05, 0.1) is 16.8 Å². The Balaban J connectivity index is 2.51. The molecule has 3 N–H and O–H groups in total. The Morgan fingerprint density at radius 3 is 2.57 bits per heavy atom. The van der Waals surface area contributed by atoms with Crippen LogP contribution in [0.2, 0.25) is 0 Å². The van der Waals surface area contributed by atoms with E-state index >= 15 is 0 Å². The fraction of sp³-hybridized carbons (Fsp3) is 0.0588. The number of nitrogens with zero attached hydrogens (tertiary/aromatic N) is 2. The lowest BCUT2D eigenvalue weighted by Gasteiger charge is -2.10. The zero-order valence-electron chi connectivity index (χ0n) is 12.2. The van der Waals surface area contributed by atoms with Gasteiger partial charge in [-0.05, 0) is 57.1 Å². The molecular formula is C17H11BrN4O. The zero-order chi connectivity index (χ0) is 16.7. The Morgan fingerprint density at radius 1 is 1.30 bits per heavy atom. The van der Waals surface area contributed by atoms with E-state index in [2.05, 4.69) is 39.6 Å². The van der Waals surface area contributed by atoms with Crippen LogP contribution in [0.25, 0.3) is 23.9 Å². The van der Waals surface area contributed by atoms with Gasteiger partial charge >= 0.3 is 0 Å². The Kier molecular flexibility index (Phi) is 3.48. The standard InChI is InChI=1S/C17H11BrN4O/c1-8-11(5-10-3-4-14(18)23-10)15-9(2)13(7-20)17(21)22-16(15)12(8)6-19/h3-5,22H,1,21H2,2H3/b11-5-. The molecule has 0 aromatic carbocycles. The predicted octanol–water partition coefficient (Wildman–Crippen LogP) is 2.35. The molecule has 0 atom stereocenters. The van der Waals surface area contributed by atoms with Gasteiger partial charge in [-0.25, -0.2) is 0 Å². The van der Waals surface area contributed by atoms with Gasteiger partial charge in [0.25, 0.3) is 0 Å². The number of hydrogen-bond donors (Lipinski definition) is 2. The number of nitrogens with one attached hydrogen (secondary N) is 1. The molecule has 2 heterocycles. The molecule has 23 heavy (non-hydrogen) atoms. The normalized spacial score (nSPS) is 11.6. The SMILES string of the molecule is C=c1c(C#N)c2[nH]c(N)c(C#N)c(C)c-2/c1=C\c1ccc(Br)o1. The fourth-order valence-corrected chi connectivity index (χ4v) is 3.03. The quantitative estimate of drug-likeness (QED) is 0.689. The molecule has 0 spiro atoms. The summed E-state index contributed by atoms with van der Waals surface area (Å²) in [7, 11) is 0. The van der Waals surface area contributed by atoms with Crippen LogP contribution in [-0.4, -0.2) is 4.98 Å². The van der Waals surface area contributed by atoms with Crippen molar-refractivity contribution in [2.24, 2.45) is 0 Å². The molecule has 3 rings (SSSR count). The van der Waals surface area contributed by atoms with Crippen molar-refractivity contribution in [2.45, 2.75) is 6.92 Å². The molecular weight excluding hydrogens is 356 g/mol. The number of nitriles is 2. The Bertz CT molecular complexity index is 1090. The van der Waals surface area contributed by atoms with Crippen LogP contribution >= 0.6 is 15.9 Å². The van der Waals surface area contributed by atoms with Crippen molar-refractivity contribution in [3.63, 3.8) is 0 Å². The molecule has 0 unspecified atom stereocenters. The van der Waals surface area contributed by atoms with Crippen molar-refractivity contribution in [1.29, 1.82) is 10.5 Å². The first-order valence-corrected chi connectivity index (χ1v) is 7.47. The van der Waals surface area contributed by atoms with Gasteiger partial charge in [0.2, 0.25) is 0 Å². The van der Waals surface area contributed by atoms with Crippen LogP contribution in [0.5, 0.6) is 0 Å². The van der Waals surface area contributed by atoms with E-state index in [0.29, 0.717) is 38.0 Å². The van der Waals surface area contributed by atoms with Gasteiger partial charge in [0.1, 0.15) is 23.7 Å². The molecule has 112 valence electrons. The third kappa shape index (κ3) is 2.21. The number of pyridine rings is 1. The molecule has 2 aliphatic rings. The second-order valence-electron chi connectivity index (χ2n) is 5.07. The number of fused-ring (bicyclic) bond motifs is 1. The van der Waals surface area contributed by atoms with Crippen LogP contribution in [-0.2, 0) is 0 Å². The van der Waals surface area contributed by atoms with Crippen LogP contribution in [0.15, 0.2) is 21.2 Å². The smallest absolute Gasteiger partial charge is 0.169 e. The highest BCUT2D eigenvalue weighted by molar-refractivity contribution is 9.10. The summed E-state index contributed by atoms with van der Waals surface area (Å²) in [6.45, 7) is 5.81. The predicted molar refractivity (Wildman–Crippen MR) is 90.7 cm³/mol. The molecule has 6 heteroatoms. The summed E-state index contributed by atoms with van der Waals surface area (Å²) in [4.78, 5) is 2.95. The zero-order valence-corrected chi connectivity index (χ0v) is 13.8. The molecule has 0 bridgehead atoms. The molecule has 5 nitrogen and oxygen atoms in total. The summed E-state index contributed by atoms with van der Waals surface area (Å²) in [5.74, 6) is 0.860. The third-order valence-electron chi connectivity index (χ3n) is 3.78. The number of anilines is 1. The van der Waals surface area contributed by atoms with E-state index in [1.54, 1.807) is 25.1 Å². The van der Waals surface area contributed by atoms with Crippen LogP contribution in [0.3, 0.4) is 0 Å². The second kappa shape index (κ2) is 5.35. The summed E-state index contributed by atoms with van der Waals surface area (Å²) in [5.41, 5.74) is 8.72. The van der Waals surface area contributed by atoms with E-state index < -0.39 is 0 Å². The van der Waals surface area contributed by atoms with Crippen LogP contribution in [0.4, 0.5) is 5.82 Å². The number of furan rings is 1.